The van der Waals surface area contributed by atoms with E-state index in [1.807, 2.05) is 30.3 Å². The molecule has 2 fully saturated rings. The van der Waals surface area contributed by atoms with Crippen molar-refractivity contribution in [3.05, 3.63) is 30.3 Å². The third kappa shape index (κ3) is 20.8. The maximum atomic E-state index is 11.3. The predicted molar refractivity (Wildman–Crippen MR) is 212 cm³/mol. The summed E-state index contributed by atoms with van der Waals surface area (Å²) >= 11 is 0. The van der Waals surface area contributed by atoms with Crippen LogP contribution < -0.4 is 4.74 Å². The van der Waals surface area contributed by atoms with E-state index < -0.39 is 35.0 Å². The van der Waals surface area contributed by atoms with Crippen LogP contribution >= 0.6 is 0 Å². The Morgan fingerprint density at radius 1 is 0.673 bits per heavy atom. The first kappa shape index (κ1) is 60.9. The van der Waals surface area contributed by atoms with Crippen LogP contribution in [0.3, 0.4) is 0 Å². The van der Waals surface area contributed by atoms with Crippen LogP contribution in [0.25, 0.3) is 0 Å². The number of carbonyl (C=O) groups is 5. The summed E-state index contributed by atoms with van der Waals surface area (Å²) < 4.78 is 21.5. The van der Waals surface area contributed by atoms with Crippen LogP contribution in [-0.2, 0) is 38.2 Å². The van der Waals surface area contributed by atoms with E-state index in [2.05, 4.69) is 0 Å². The molecule has 308 valence electrons. The molecule has 0 heterocycles. The van der Waals surface area contributed by atoms with Gasteiger partial charge in [-0.25, -0.2) is 0 Å². The van der Waals surface area contributed by atoms with E-state index in [1.54, 1.807) is 14.0 Å². The Morgan fingerprint density at radius 3 is 1.50 bits per heavy atom. The van der Waals surface area contributed by atoms with Gasteiger partial charge in [-0.15, -0.1) is 0 Å². The smallest absolute Gasteiger partial charge is 0.309 e. The molecule has 11 nitrogen and oxygen atoms in total. The third-order valence-corrected chi connectivity index (χ3v) is 8.76. The van der Waals surface area contributed by atoms with Gasteiger partial charge in [-0.2, -0.15) is 0 Å². The summed E-state index contributed by atoms with van der Waals surface area (Å²) in [4.78, 5) is 55.5. The Hall–Kier alpha value is -3.15. The van der Waals surface area contributed by atoms with Gasteiger partial charge < -0.3 is 29.2 Å². The maximum Gasteiger partial charge on any atom is 0.309 e. The van der Waals surface area contributed by atoms with Gasteiger partial charge in [-0.3, -0.25) is 24.0 Å². The minimum atomic E-state index is -0.856. The molecule has 2 saturated carbocycles. The highest BCUT2D eigenvalue weighted by molar-refractivity contribution is 5.80. The summed E-state index contributed by atoms with van der Waals surface area (Å²) in [6.45, 7) is 5.10. The molecule has 3 rings (SSSR count). The summed E-state index contributed by atoms with van der Waals surface area (Å²) in [5.74, 6) is -1.81. The van der Waals surface area contributed by atoms with Crippen LogP contribution in [0, 0.1) is 11.8 Å². The second kappa shape index (κ2) is 31.4. The van der Waals surface area contributed by atoms with Crippen molar-refractivity contribution in [1.82, 2.24) is 0 Å². The zero-order chi connectivity index (χ0) is 34.8. The van der Waals surface area contributed by atoms with Gasteiger partial charge in [0.2, 0.25) is 0 Å². The Kier molecular flexibility index (Phi) is 36.8. The average molecular weight is 747 g/mol. The summed E-state index contributed by atoms with van der Waals surface area (Å²) in [6, 6.07) is 9.62. The zero-order valence-corrected chi connectivity index (χ0v) is 28.4. The molecule has 11 heteroatoms. The lowest BCUT2D eigenvalue weighted by molar-refractivity contribution is -0.158. The van der Waals surface area contributed by atoms with Crippen LogP contribution in [0.15, 0.2) is 30.3 Å². The number of para-hydroxylation sites is 1. The number of carbonyl (C=O) groups excluding carboxylic acids is 3. The topological polar surface area (TPSA) is 163 Å². The predicted octanol–water partition coefficient (Wildman–Crippen LogP) is 9.52. The number of Topliss-reactive ketones (excluding diaryl/α,β-unsaturated/α-hetero) is 3. The molecule has 2 aliphatic rings. The van der Waals surface area contributed by atoms with Gasteiger partial charge in [-0.05, 0) is 65.0 Å². The fourth-order valence-corrected chi connectivity index (χ4v) is 6.47. The molecule has 2 aliphatic carbocycles. The number of hydrogen-bond donors (Lipinski definition) is 2. The molecule has 0 aromatic heterocycles. The molecule has 0 saturated heterocycles. The SMILES string of the molecule is C.C.C.C.C.C.COC(CCOc1ccccc1)CC(C)=O.COC1(CC(C)=O)CCCC1C(=O)O.COC1(CC(C)=O)CCCCCC1C(=O)O. The minimum Gasteiger partial charge on any atom is -0.493 e. The summed E-state index contributed by atoms with van der Waals surface area (Å²) in [5.41, 5.74) is -1.54. The van der Waals surface area contributed by atoms with Gasteiger partial charge in [0.05, 0.1) is 35.7 Å². The van der Waals surface area contributed by atoms with Crippen LogP contribution in [0.2, 0.25) is 0 Å². The number of ether oxygens (including phenoxy) is 4. The van der Waals surface area contributed by atoms with E-state index in [4.69, 9.17) is 24.1 Å². The van der Waals surface area contributed by atoms with E-state index in [1.165, 1.54) is 28.1 Å². The zero-order valence-electron chi connectivity index (χ0n) is 28.4. The van der Waals surface area contributed by atoms with E-state index in [9.17, 15) is 29.1 Å². The Morgan fingerprint density at radius 2 is 1.12 bits per heavy atom. The van der Waals surface area contributed by atoms with Crippen LogP contribution in [-0.4, -0.2) is 84.7 Å². The average Bonchev–Trinajstić information content (AvgIpc) is 3.30. The summed E-state index contributed by atoms with van der Waals surface area (Å²) in [7, 11) is 4.63. The van der Waals surface area contributed by atoms with Crippen molar-refractivity contribution in [2.45, 2.75) is 160 Å². The quantitative estimate of drug-likeness (QED) is 0.164. The van der Waals surface area contributed by atoms with Gasteiger partial charge in [0, 0.05) is 47.0 Å². The fraction of sp³-hybridized carbons (Fsp3) is 0.732. The van der Waals surface area contributed by atoms with Crippen molar-refractivity contribution in [2.24, 2.45) is 11.8 Å². The third-order valence-electron chi connectivity index (χ3n) is 8.76. The molecule has 0 bridgehead atoms. The molecule has 0 spiro atoms. The van der Waals surface area contributed by atoms with Crippen LogP contribution in [0.4, 0.5) is 0 Å². The van der Waals surface area contributed by atoms with Crippen molar-refractivity contribution in [1.29, 1.82) is 0 Å². The first-order valence-corrected chi connectivity index (χ1v) is 16.0. The number of methoxy groups -OCH3 is 3. The molecule has 52 heavy (non-hydrogen) atoms. The molecule has 2 N–H and O–H groups in total. The number of aliphatic carboxylic acids is 2. The lowest BCUT2D eigenvalue weighted by atomic mass is 9.79. The highest BCUT2D eigenvalue weighted by atomic mass is 16.5. The lowest BCUT2D eigenvalue weighted by Gasteiger charge is -2.35. The van der Waals surface area contributed by atoms with E-state index in [0.29, 0.717) is 38.7 Å². The normalized spacial score (nSPS) is 21.7. The molecular weight excluding hydrogens is 668 g/mol. The first-order valence-electron chi connectivity index (χ1n) is 16.0. The molecule has 1 aromatic carbocycles. The molecule has 5 atom stereocenters. The van der Waals surface area contributed by atoms with Gasteiger partial charge >= 0.3 is 11.9 Å². The molecule has 0 amide bonds. The van der Waals surface area contributed by atoms with Crippen LogP contribution in [0.5, 0.6) is 5.75 Å². The van der Waals surface area contributed by atoms with E-state index in [-0.39, 0.29) is 80.9 Å². The monoisotopic (exact) mass is 747 g/mol. The Balaban J connectivity index is -0.000000145. The molecule has 0 radical (unpaired) electrons. The largest absolute Gasteiger partial charge is 0.493 e. The number of ketones is 3. The van der Waals surface area contributed by atoms with Gasteiger partial charge in [0.1, 0.15) is 23.1 Å². The highest BCUT2D eigenvalue weighted by Crippen LogP contribution is 2.41. The molecule has 5 unspecified atom stereocenters. The lowest BCUT2D eigenvalue weighted by Crippen LogP contribution is -2.45. The first-order chi connectivity index (χ1) is 21.8. The maximum absolute atomic E-state index is 11.3. The van der Waals surface area contributed by atoms with Crippen molar-refractivity contribution >= 4 is 29.3 Å². The van der Waals surface area contributed by atoms with E-state index in [0.717, 1.165) is 37.9 Å². The second-order valence-electron chi connectivity index (χ2n) is 12.3. The fourth-order valence-electron chi connectivity index (χ4n) is 6.47. The van der Waals surface area contributed by atoms with Crippen molar-refractivity contribution in [3.63, 3.8) is 0 Å². The van der Waals surface area contributed by atoms with Crippen molar-refractivity contribution in [2.75, 3.05) is 27.9 Å². The van der Waals surface area contributed by atoms with Crippen LogP contribution in [0.1, 0.15) is 142 Å². The summed E-state index contributed by atoms with van der Waals surface area (Å²) in [6.07, 6.45) is 7.78. The second-order valence-corrected chi connectivity index (χ2v) is 12.3. The number of benzene rings is 1. The minimum absolute atomic E-state index is 0. The standard InChI is InChI=1S/C13H18O3.C12H20O4.C10H16O4.6CH4/c1-11(14)10-13(15-2)8-9-16-12-6-4-3-5-7-12;1-9(13)8-12(16-2)7-5-3-4-6-10(12)11(14)15;1-7(11)6-10(14-2)5-3-4-8(10)9(12)13;;;;;;/h3-7,13H,8-10H2,1-2H3;10H,3-8H2,1-2H3,(H,14,15);8H,3-6H2,1-2H3,(H,12,13);6*1H4. The number of carboxylic acids is 2. The number of hydrogen-bond acceptors (Lipinski definition) is 9. The molecule has 1 aromatic rings. The number of carboxylic acid groups (broad SMARTS) is 2. The van der Waals surface area contributed by atoms with Gasteiger partial charge in [-0.1, -0.05) is 82.0 Å². The van der Waals surface area contributed by atoms with Gasteiger partial charge in [0.25, 0.3) is 0 Å². The van der Waals surface area contributed by atoms with Crippen molar-refractivity contribution in [3.8, 4) is 5.75 Å². The Labute approximate surface area is 317 Å². The highest BCUT2D eigenvalue weighted by Gasteiger charge is 2.48. The molecule has 0 aliphatic heterocycles. The number of rotatable bonds is 15. The van der Waals surface area contributed by atoms with Gasteiger partial charge in [0.15, 0.2) is 0 Å². The van der Waals surface area contributed by atoms with Crippen molar-refractivity contribution < 1.29 is 53.1 Å². The summed E-state index contributed by atoms with van der Waals surface area (Å²) in [5, 5.41) is 18.3. The molecular formula is C41H78O11. The Bertz CT molecular complexity index is 1110. The van der Waals surface area contributed by atoms with E-state index >= 15 is 0 Å².